The average molecular weight is 303 g/mol. The Labute approximate surface area is 134 Å². The van der Waals surface area contributed by atoms with Crippen molar-refractivity contribution in [3.05, 3.63) is 35.9 Å². The number of rotatable bonds is 7. The maximum atomic E-state index is 11.9. The van der Waals surface area contributed by atoms with Gasteiger partial charge in [-0.25, -0.2) is 0 Å². The van der Waals surface area contributed by atoms with Crippen LogP contribution >= 0.6 is 0 Å². The van der Waals surface area contributed by atoms with Gasteiger partial charge in [-0.3, -0.25) is 4.79 Å². The van der Waals surface area contributed by atoms with Gasteiger partial charge in [0.05, 0.1) is 0 Å². The molecule has 1 aliphatic rings. The van der Waals surface area contributed by atoms with Crippen LogP contribution in [0.2, 0.25) is 0 Å². The first-order valence-corrected chi connectivity index (χ1v) is 8.34. The molecule has 1 amide bonds. The summed E-state index contributed by atoms with van der Waals surface area (Å²) in [5.74, 6) is 0.163. The largest absolute Gasteiger partial charge is 0.356 e. The lowest BCUT2D eigenvalue weighted by Gasteiger charge is -2.35. The molecule has 1 N–H and O–H groups in total. The second-order valence-electron chi connectivity index (χ2n) is 6.35. The normalized spacial score (nSPS) is 16.9. The Morgan fingerprint density at radius 1 is 1.27 bits per heavy atom. The Kier molecular flexibility index (Phi) is 6.87. The minimum atomic E-state index is 0.163. The molecule has 0 atom stereocenters. The molecule has 1 saturated heterocycles. The van der Waals surface area contributed by atoms with Crippen LogP contribution in [0.25, 0.3) is 0 Å². The maximum absolute atomic E-state index is 11.9. The first kappa shape index (κ1) is 17.0. The summed E-state index contributed by atoms with van der Waals surface area (Å²) >= 11 is 0. The molecule has 0 radical (unpaired) electrons. The minimum Gasteiger partial charge on any atom is -0.356 e. The summed E-state index contributed by atoms with van der Waals surface area (Å²) in [7, 11) is 4.32. The van der Waals surface area contributed by atoms with Crippen molar-refractivity contribution in [2.75, 3.05) is 40.3 Å². The van der Waals surface area contributed by atoms with Gasteiger partial charge in [0.1, 0.15) is 0 Å². The highest BCUT2D eigenvalue weighted by Crippen LogP contribution is 2.14. The molecule has 2 rings (SSSR count). The van der Waals surface area contributed by atoms with Crippen LogP contribution in [0.3, 0.4) is 0 Å². The van der Waals surface area contributed by atoms with Gasteiger partial charge in [-0.15, -0.1) is 0 Å². The highest BCUT2D eigenvalue weighted by atomic mass is 16.1. The van der Waals surface area contributed by atoms with Crippen LogP contribution in [0.15, 0.2) is 30.3 Å². The first-order chi connectivity index (χ1) is 10.6. The van der Waals surface area contributed by atoms with Crippen molar-refractivity contribution < 1.29 is 4.79 Å². The molecule has 0 saturated carbocycles. The maximum Gasteiger partial charge on any atom is 0.221 e. The van der Waals surface area contributed by atoms with E-state index in [0.717, 1.165) is 32.6 Å². The molecule has 22 heavy (non-hydrogen) atoms. The molecular formula is C18H29N3O. The van der Waals surface area contributed by atoms with Crippen molar-refractivity contribution in [1.29, 1.82) is 0 Å². The molecule has 0 spiro atoms. The number of piperidine rings is 1. The molecule has 0 unspecified atom stereocenters. The van der Waals surface area contributed by atoms with Crippen LogP contribution in [0, 0.1) is 0 Å². The number of hydrogen-bond donors (Lipinski definition) is 1. The van der Waals surface area contributed by atoms with Crippen molar-refractivity contribution in [2.45, 2.75) is 31.7 Å². The zero-order valence-electron chi connectivity index (χ0n) is 13.9. The summed E-state index contributed by atoms with van der Waals surface area (Å²) in [6.07, 6.45) is 3.92. The van der Waals surface area contributed by atoms with Gasteiger partial charge in [-0.2, -0.15) is 0 Å². The summed E-state index contributed by atoms with van der Waals surface area (Å²) in [6.45, 7) is 3.91. The molecule has 0 aromatic heterocycles. The van der Waals surface area contributed by atoms with Crippen LogP contribution < -0.4 is 5.32 Å². The molecule has 1 aliphatic heterocycles. The Balaban J connectivity index is 1.59. The van der Waals surface area contributed by atoms with Crippen LogP contribution in [-0.4, -0.2) is 62.0 Å². The van der Waals surface area contributed by atoms with Crippen molar-refractivity contribution >= 4 is 5.91 Å². The number of hydrogen-bond acceptors (Lipinski definition) is 3. The van der Waals surface area contributed by atoms with Crippen molar-refractivity contribution in [3.63, 3.8) is 0 Å². The van der Waals surface area contributed by atoms with E-state index in [-0.39, 0.29) is 5.91 Å². The second kappa shape index (κ2) is 8.91. The van der Waals surface area contributed by atoms with E-state index >= 15 is 0 Å². The number of amides is 1. The van der Waals surface area contributed by atoms with Gasteiger partial charge in [0.2, 0.25) is 5.91 Å². The van der Waals surface area contributed by atoms with E-state index in [4.69, 9.17) is 0 Å². The molecule has 122 valence electrons. The summed E-state index contributed by atoms with van der Waals surface area (Å²) in [4.78, 5) is 16.7. The monoisotopic (exact) mass is 303 g/mol. The van der Waals surface area contributed by atoms with Crippen molar-refractivity contribution in [3.8, 4) is 0 Å². The number of nitrogens with one attached hydrogen (secondary N) is 1. The van der Waals surface area contributed by atoms with Gasteiger partial charge in [0, 0.05) is 25.6 Å². The van der Waals surface area contributed by atoms with Crippen LogP contribution in [0.1, 0.15) is 24.8 Å². The molecule has 1 aromatic rings. The lowest BCUT2D eigenvalue weighted by atomic mass is 10.0. The third-order valence-electron chi connectivity index (χ3n) is 4.58. The summed E-state index contributed by atoms with van der Waals surface area (Å²) < 4.78 is 0. The third kappa shape index (κ3) is 5.78. The van der Waals surface area contributed by atoms with Crippen molar-refractivity contribution in [1.82, 2.24) is 15.1 Å². The quantitative estimate of drug-likeness (QED) is 0.834. The Hall–Kier alpha value is -1.39. The highest BCUT2D eigenvalue weighted by Gasteiger charge is 2.20. The Morgan fingerprint density at radius 2 is 1.95 bits per heavy atom. The van der Waals surface area contributed by atoms with E-state index < -0.39 is 0 Å². The average Bonchev–Trinajstić information content (AvgIpc) is 2.54. The molecule has 1 aromatic carbocycles. The molecule has 4 heteroatoms. The van der Waals surface area contributed by atoms with Gasteiger partial charge in [0.25, 0.3) is 0 Å². The number of nitrogens with zero attached hydrogens (tertiary/aromatic N) is 2. The summed E-state index contributed by atoms with van der Waals surface area (Å²) in [5, 5.41) is 3.02. The predicted octanol–water partition coefficient (Wildman–Crippen LogP) is 1.76. The number of likely N-dealkylation sites (tertiary alicyclic amines) is 1. The predicted molar refractivity (Wildman–Crippen MR) is 90.9 cm³/mol. The molecule has 1 fully saturated rings. The van der Waals surface area contributed by atoms with Crippen LogP contribution in [0.4, 0.5) is 0 Å². The Morgan fingerprint density at radius 3 is 2.64 bits per heavy atom. The zero-order valence-corrected chi connectivity index (χ0v) is 13.9. The smallest absolute Gasteiger partial charge is 0.221 e. The van der Waals surface area contributed by atoms with E-state index in [9.17, 15) is 4.79 Å². The lowest BCUT2D eigenvalue weighted by Crippen LogP contribution is -2.43. The van der Waals surface area contributed by atoms with E-state index in [1.54, 1.807) is 0 Å². The van der Waals surface area contributed by atoms with Gasteiger partial charge in [-0.05, 0) is 52.0 Å². The second-order valence-corrected chi connectivity index (χ2v) is 6.35. The minimum absolute atomic E-state index is 0.163. The van der Waals surface area contributed by atoms with E-state index in [0.29, 0.717) is 12.5 Å². The fourth-order valence-electron chi connectivity index (χ4n) is 2.98. The molecule has 1 heterocycles. The number of carbonyl (C=O) groups is 1. The Bertz CT molecular complexity index is 441. The summed E-state index contributed by atoms with van der Waals surface area (Å²) in [6, 6.07) is 10.9. The van der Waals surface area contributed by atoms with Gasteiger partial charge < -0.3 is 15.1 Å². The lowest BCUT2D eigenvalue weighted by molar-refractivity contribution is -0.121. The van der Waals surface area contributed by atoms with Crippen molar-refractivity contribution in [2.24, 2.45) is 0 Å². The first-order valence-electron chi connectivity index (χ1n) is 8.34. The van der Waals surface area contributed by atoms with Crippen LogP contribution in [0.5, 0.6) is 0 Å². The SMILES string of the molecule is CN1CCC(N(C)CCC(=O)NCCc2ccccc2)CC1. The fourth-order valence-corrected chi connectivity index (χ4v) is 2.98. The molecule has 4 nitrogen and oxygen atoms in total. The summed E-state index contributed by atoms with van der Waals surface area (Å²) in [5.41, 5.74) is 1.27. The number of carbonyl (C=O) groups excluding carboxylic acids is 1. The highest BCUT2D eigenvalue weighted by molar-refractivity contribution is 5.76. The zero-order chi connectivity index (χ0) is 15.8. The third-order valence-corrected chi connectivity index (χ3v) is 4.58. The topological polar surface area (TPSA) is 35.6 Å². The fraction of sp³-hybridized carbons (Fsp3) is 0.611. The van der Waals surface area contributed by atoms with Gasteiger partial charge >= 0.3 is 0 Å². The van der Waals surface area contributed by atoms with Gasteiger partial charge in [0.15, 0.2) is 0 Å². The van der Waals surface area contributed by atoms with E-state index in [2.05, 4.69) is 41.3 Å². The molecule has 0 aliphatic carbocycles. The van der Waals surface area contributed by atoms with E-state index in [1.807, 2.05) is 18.2 Å². The van der Waals surface area contributed by atoms with E-state index in [1.165, 1.54) is 18.4 Å². The van der Waals surface area contributed by atoms with Crippen LogP contribution in [-0.2, 0) is 11.2 Å². The molecule has 0 bridgehead atoms. The van der Waals surface area contributed by atoms with Gasteiger partial charge in [-0.1, -0.05) is 30.3 Å². The standard InChI is InChI=1S/C18H29N3O/c1-20-13-9-17(10-14-20)21(2)15-11-18(22)19-12-8-16-6-4-3-5-7-16/h3-7,17H,8-15H2,1-2H3,(H,19,22). The molecular weight excluding hydrogens is 274 g/mol. The number of benzene rings is 1.